The van der Waals surface area contributed by atoms with E-state index in [1.807, 2.05) is 54.6 Å². The second-order valence-corrected chi connectivity index (χ2v) is 8.35. The van der Waals surface area contributed by atoms with Crippen LogP contribution in [0.25, 0.3) is 0 Å². The molecule has 0 heterocycles. The molecule has 0 aromatic heterocycles. The normalized spacial score (nSPS) is 12.7. The summed E-state index contributed by atoms with van der Waals surface area (Å²) in [4.78, 5) is 36.9. The lowest BCUT2D eigenvalue weighted by molar-refractivity contribution is -0.129. The fourth-order valence-electron chi connectivity index (χ4n) is 2.79. The van der Waals surface area contributed by atoms with Crippen LogP contribution in [0.15, 0.2) is 54.6 Å². The monoisotopic (exact) mass is 523 g/mol. The van der Waals surface area contributed by atoms with Gasteiger partial charge in [-0.1, -0.05) is 62.4 Å². The van der Waals surface area contributed by atoms with Crippen molar-refractivity contribution in [1.82, 2.24) is 10.6 Å². The maximum absolute atomic E-state index is 12.8. The van der Waals surface area contributed by atoms with E-state index in [4.69, 9.17) is 10.5 Å². The lowest BCUT2D eigenvalue weighted by atomic mass is 10.0. The molecule has 160 valence electrons. The van der Waals surface area contributed by atoms with Crippen molar-refractivity contribution >= 4 is 40.5 Å². The van der Waals surface area contributed by atoms with E-state index in [2.05, 4.69) is 33.2 Å². The number of hydrogen-bond acceptors (Lipinski definition) is 4. The van der Waals surface area contributed by atoms with E-state index in [1.54, 1.807) is 13.8 Å². The topological polar surface area (TPSA) is 111 Å². The van der Waals surface area contributed by atoms with Gasteiger partial charge in [0.15, 0.2) is 0 Å². The molecule has 0 aliphatic heterocycles. The van der Waals surface area contributed by atoms with Crippen LogP contribution in [-0.4, -0.2) is 30.0 Å². The number of carbonyl (C=O) groups excluding carboxylic acids is 3. The fourth-order valence-corrected chi connectivity index (χ4v) is 3.40. The van der Waals surface area contributed by atoms with Gasteiger partial charge in [-0.15, -0.1) is 0 Å². The summed E-state index contributed by atoms with van der Waals surface area (Å²) in [6, 6.07) is 15.0. The Bertz CT molecular complexity index is 874. The molecule has 30 heavy (non-hydrogen) atoms. The van der Waals surface area contributed by atoms with Gasteiger partial charge in [-0.25, -0.2) is 4.79 Å². The summed E-state index contributed by atoms with van der Waals surface area (Å²) < 4.78 is 6.17. The van der Waals surface area contributed by atoms with Gasteiger partial charge in [0.2, 0.25) is 11.8 Å². The van der Waals surface area contributed by atoms with Gasteiger partial charge in [-0.2, -0.15) is 0 Å². The first-order valence-electron chi connectivity index (χ1n) is 9.58. The summed E-state index contributed by atoms with van der Waals surface area (Å²) >= 11 is 2.17. The van der Waals surface area contributed by atoms with Crippen LogP contribution < -0.4 is 16.4 Å². The number of amides is 3. The predicted octanol–water partition coefficient (Wildman–Crippen LogP) is 2.75. The Morgan fingerprint density at radius 1 is 1.00 bits per heavy atom. The van der Waals surface area contributed by atoms with Gasteiger partial charge in [-0.05, 0) is 45.7 Å². The number of ether oxygens (including phenoxy) is 1. The van der Waals surface area contributed by atoms with Crippen molar-refractivity contribution in [3.63, 3.8) is 0 Å². The fraction of sp³-hybridized carbons (Fsp3) is 0.318. The Hall–Kier alpha value is -2.62. The minimum Gasteiger partial charge on any atom is -0.445 e. The lowest BCUT2D eigenvalue weighted by Crippen LogP contribution is -2.55. The van der Waals surface area contributed by atoms with Crippen molar-refractivity contribution in [3.05, 3.63) is 69.3 Å². The number of rotatable bonds is 9. The van der Waals surface area contributed by atoms with E-state index in [-0.39, 0.29) is 18.9 Å². The third kappa shape index (κ3) is 7.33. The van der Waals surface area contributed by atoms with Crippen LogP contribution in [0, 0.1) is 9.49 Å². The molecule has 8 heteroatoms. The molecule has 0 aliphatic carbocycles. The minimum atomic E-state index is -0.892. The highest BCUT2D eigenvalue weighted by Crippen LogP contribution is 2.14. The molecule has 2 rings (SSSR count). The van der Waals surface area contributed by atoms with Crippen molar-refractivity contribution < 1.29 is 19.1 Å². The zero-order chi connectivity index (χ0) is 22.1. The first kappa shape index (κ1) is 23.7. The van der Waals surface area contributed by atoms with Crippen LogP contribution in [0.5, 0.6) is 0 Å². The molecule has 0 fully saturated rings. The number of nitrogens with one attached hydrogen (secondary N) is 2. The molecule has 2 aromatic carbocycles. The van der Waals surface area contributed by atoms with E-state index in [0.717, 1.165) is 14.7 Å². The van der Waals surface area contributed by atoms with E-state index in [0.29, 0.717) is 0 Å². The SMILES string of the molecule is CC(C)[C@H](NC(=O)OCc1ccccc1)C(=O)N[C@H](Cc1ccccc1I)C(N)=O. The third-order valence-electron chi connectivity index (χ3n) is 4.48. The predicted molar refractivity (Wildman–Crippen MR) is 122 cm³/mol. The van der Waals surface area contributed by atoms with E-state index >= 15 is 0 Å². The second-order valence-electron chi connectivity index (χ2n) is 7.19. The van der Waals surface area contributed by atoms with Crippen molar-refractivity contribution in [2.75, 3.05) is 0 Å². The van der Waals surface area contributed by atoms with Crippen LogP contribution in [-0.2, 0) is 27.4 Å². The summed E-state index contributed by atoms with van der Waals surface area (Å²) in [6.45, 7) is 3.68. The number of alkyl carbamates (subject to hydrolysis) is 1. The summed E-state index contributed by atoms with van der Waals surface area (Å²) in [7, 11) is 0. The van der Waals surface area contributed by atoms with Crippen molar-refractivity contribution in [1.29, 1.82) is 0 Å². The summed E-state index contributed by atoms with van der Waals surface area (Å²) in [5, 5.41) is 5.24. The van der Waals surface area contributed by atoms with Crippen molar-refractivity contribution in [2.24, 2.45) is 11.7 Å². The number of hydrogen-bond donors (Lipinski definition) is 3. The number of nitrogens with two attached hydrogens (primary N) is 1. The van der Waals surface area contributed by atoms with Crippen LogP contribution in [0.3, 0.4) is 0 Å². The molecule has 0 bridgehead atoms. The molecule has 0 radical (unpaired) electrons. The molecule has 4 N–H and O–H groups in total. The zero-order valence-corrected chi connectivity index (χ0v) is 19.1. The standard InChI is InChI=1S/C22H26IN3O4/c1-14(2)19(26-22(29)30-13-15-8-4-3-5-9-15)21(28)25-18(20(24)27)12-16-10-6-7-11-17(16)23/h3-11,14,18-19H,12-13H2,1-2H3,(H2,24,27)(H,25,28)(H,26,29)/t18-,19+/m1/s1. The van der Waals surface area contributed by atoms with Gasteiger partial charge in [0, 0.05) is 9.99 Å². The number of halogens is 1. The maximum atomic E-state index is 12.8. The quantitative estimate of drug-likeness (QED) is 0.439. The van der Waals surface area contributed by atoms with E-state index in [9.17, 15) is 14.4 Å². The summed E-state index contributed by atoms with van der Waals surface area (Å²) in [6.07, 6.45) is -0.440. The average Bonchev–Trinajstić information content (AvgIpc) is 2.71. The lowest BCUT2D eigenvalue weighted by Gasteiger charge is -2.24. The molecular formula is C22H26IN3O4. The molecule has 2 aromatic rings. The summed E-state index contributed by atoms with van der Waals surface area (Å²) in [5.74, 6) is -1.35. The smallest absolute Gasteiger partial charge is 0.408 e. The highest BCUT2D eigenvalue weighted by atomic mass is 127. The minimum absolute atomic E-state index is 0.0927. The zero-order valence-electron chi connectivity index (χ0n) is 16.9. The van der Waals surface area contributed by atoms with Gasteiger partial charge in [-0.3, -0.25) is 9.59 Å². The summed E-state index contributed by atoms with van der Waals surface area (Å²) in [5.41, 5.74) is 7.24. The molecule has 0 saturated heterocycles. The Balaban J connectivity index is 1.99. The third-order valence-corrected chi connectivity index (χ3v) is 5.53. The van der Waals surface area contributed by atoms with Gasteiger partial charge < -0.3 is 21.1 Å². The van der Waals surface area contributed by atoms with Crippen molar-refractivity contribution in [2.45, 2.75) is 39.0 Å². The Morgan fingerprint density at radius 2 is 1.63 bits per heavy atom. The van der Waals surface area contributed by atoms with Crippen LogP contribution in [0.1, 0.15) is 25.0 Å². The Morgan fingerprint density at radius 3 is 2.23 bits per heavy atom. The van der Waals surface area contributed by atoms with Crippen LogP contribution in [0.2, 0.25) is 0 Å². The molecule has 3 amide bonds. The highest BCUT2D eigenvalue weighted by molar-refractivity contribution is 14.1. The van der Waals surface area contributed by atoms with E-state index < -0.39 is 30.0 Å². The number of primary amides is 1. The Kier molecular flexibility index (Phi) is 9.10. The number of carbonyl (C=O) groups is 3. The molecule has 7 nitrogen and oxygen atoms in total. The molecule has 2 atom stereocenters. The van der Waals surface area contributed by atoms with Gasteiger partial charge in [0.25, 0.3) is 0 Å². The molecular weight excluding hydrogens is 497 g/mol. The molecule has 0 aliphatic rings. The van der Waals surface area contributed by atoms with Crippen molar-refractivity contribution in [3.8, 4) is 0 Å². The molecule has 0 spiro atoms. The van der Waals surface area contributed by atoms with Crippen LogP contribution >= 0.6 is 22.6 Å². The van der Waals surface area contributed by atoms with Gasteiger partial charge >= 0.3 is 6.09 Å². The Labute approximate surface area is 189 Å². The number of benzene rings is 2. The van der Waals surface area contributed by atoms with Crippen LogP contribution in [0.4, 0.5) is 4.79 Å². The maximum Gasteiger partial charge on any atom is 0.408 e. The van der Waals surface area contributed by atoms with E-state index in [1.165, 1.54) is 0 Å². The molecule has 0 saturated carbocycles. The second kappa shape index (κ2) is 11.5. The largest absolute Gasteiger partial charge is 0.445 e. The van der Waals surface area contributed by atoms with Gasteiger partial charge in [0.05, 0.1) is 0 Å². The highest BCUT2D eigenvalue weighted by Gasteiger charge is 2.28. The first-order valence-corrected chi connectivity index (χ1v) is 10.7. The van der Waals surface area contributed by atoms with Gasteiger partial charge in [0.1, 0.15) is 18.7 Å². The molecule has 0 unspecified atom stereocenters. The average molecular weight is 523 g/mol. The first-order chi connectivity index (χ1) is 14.3.